The fraction of sp³-hybridized carbons (Fsp3) is 0.286. The van der Waals surface area contributed by atoms with E-state index in [2.05, 4.69) is 0 Å². The molecule has 5 heteroatoms. The van der Waals surface area contributed by atoms with E-state index in [-0.39, 0.29) is 11.7 Å². The number of halogens is 1. The third kappa shape index (κ3) is 3.64. The van der Waals surface area contributed by atoms with Crippen molar-refractivity contribution in [2.45, 2.75) is 0 Å². The van der Waals surface area contributed by atoms with E-state index in [9.17, 15) is 14.0 Å². The molecule has 0 N–H and O–H groups in total. The zero-order chi connectivity index (χ0) is 13.7. The Bertz CT molecular complexity index is 494. The lowest BCUT2D eigenvalue weighted by atomic mass is 10.2. The van der Waals surface area contributed by atoms with E-state index >= 15 is 0 Å². The van der Waals surface area contributed by atoms with Crippen LogP contribution in [0.1, 0.15) is 5.56 Å². The molecule has 4 nitrogen and oxygen atoms in total. The molecule has 1 aromatic carbocycles. The Hall–Kier alpha value is -2.17. The van der Waals surface area contributed by atoms with Crippen molar-refractivity contribution in [2.75, 3.05) is 26.2 Å². The average Bonchev–Trinajstić information content (AvgIpc) is 2.45. The highest BCUT2D eigenvalue weighted by atomic mass is 19.1. The number of amides is 2. The van der Waals surface area contributed by atoms with Crippen LogP contribution < -0.4 is 0 Å². The highest BCUT2D eigenvalue weighted by molar-refractivity contribution is 5.91. The summed E-state index contributed by atoms with van der Waals surface area (Å²) in [5.41, 5.74) is 0.653. The van der Waals surface area contributed by atoms with E-state index in [0.29, 0.717) is 31.7 Å². The molecule has 0 atom stereocenters. The largest absolute Gasteiger partial charge is 0.342 e. The van der Waals surface area contributed by atoms with Crippen LogP contribution in [0.4, 0.5) is 4.39 Å². The molecule has 0 unspecified atom stereocenters. The zero-order valence-corrected chi connectivity index (χ0v) is 10.5. The normalized spacial score (nSPS) is 15.8. The van der Waals surface area contributed by atoms with Crippen molar-refractivity contribution < 1.29 is 14.0 Å². The van der Waals surface area contributed by atoms with Gasteiger partial charge in [-0.05, 0) is 23.8 Å². The maximum atomic E-state index is 13.0. The van der Waals surface area contributed by atoms with Gasteiger partial charge in [-0.2, -0.15) is 0 Å². The SMILES string of the molecule is O=CN1CCN(C(=O)/C=C/c2cccc(F)c2)CC1. The number of hydrogen-bond acceptors (Lipinski definition) is 2. The molecule has 1 saturated heterocycles. The second-order valence-corrected chi connectivity index (χ2v) is 4.36. The lowest BCUT2D eigenvalue weighted by Crippen LogP contribution is -2.47. The molecule has 0 spiro atoms. The Balaban J connectivity index is 1.92. The molecular formula is C14H15FN2O2. The Kier molecular flexibility index (Phi) is 4.28. The number of carbonyl (C=O) groups is 2. The van der Waals surface area contributed by atoms with Gasteiger partial charge < -0.3 is 9.80 Å². The lowest BCUT2D eigenvalue weighted by Gasteiger charge is -2.31. The van der Waals surface area contributed by atoms with E-state index in [0.717, 1.165) is 6.41 Å². The fourth-order valence-corrected chi connectivity index (χ4v) is 1.93. The molecule has 19 heavy (non-hydrogen) atoms. The molecule has 2 rings (SSSR count). The van der Waals surface area contributed by atoms with Crippen LogP contribution in [-0.4, -0.2) is 48.3 Å². The summed E-state index contributed by atoms with van der Waals surface area (Å²) in [7, 11) is 0. The van der Waals surface area contributed by atoms with Crippen molar-refractivity contribution in [2.24, 2.45) is 0 Å². The van der Waals surface area contributed by atoms with E-state index in [4.69, 9.17) is 0 Å². The molecule has 0 bridgehead atoms. The van der Waals surface area contributed by atoms with Crippen LogP contribution >= 0.6 is 0 Å². The number of rotatable bonds is 3. The maximum Gasteiger partial charge on any atom is 0.246 e. The molecule has 1 fully saturated rings. The number of piperazine rings is 1. The predicted octanol–water partition coefficient (Wildman–Crippen LogP) is 1.14. The standard InChI is InChI=1S/C14H15FN2O2/c15-13-3-1-2-12(10-13)4-5-14(19)17-8-6-16(11-18)7-9-17/h1-5,10-11H,6-9H2/b5-4+. The summed E-state index contributed by atoms with van der Waals surface area (Å²) in [6.07, 6.45) is 3.83. The van der Waals surface area contributed by atoms with E-state index in [1.165, 1.54) is 18.2 Å². The van der Waals surface area contributed by atoms with E-state index in [1.54, 1.807) is 28.0 Å². The maximum absolute atomic E-state index is 13.0. The minimum Gasteiger partial charge on any atom is -0.342 e. The van der Waals surface area contributed by atoms with Gasteiger partial charge in [-0.3, -0.25) is 9.59 Å². The predicted molar refractivity (Wildman–Crippen MR) is 69.7 cm³/mol. The van der Waals surface area contributed by atoms with Gasteiger partial charge in [0.2, 0.25) is 12.3 Å². The fourth-order valence-electron chi connectivity index (χ4n) is 1.93. The molecule has 0 saturated carbocycles. The van der Waals surface area contributed by atoms with Crippen LogP contribution in [-0.2, 0) is 9.59 Å². The molecule has 100 valence electrons. The zero-order valence-electron chi connectivity index (χ0n) is 10.5. The van der Waals surface area contributed by atoms with Crippen LogP contribution in [0.2, 0.25) is 0 Å². The first-order valence-corrected chi connectivity index (χ1v) is 6.11. The number of hydrogen-bond donors (Lipinski definition) is 0. The highest BCUT2D eigenvalue weighted by Gasteiger charge is 2.17. The van der Waals surface area contributed by atoms with Gasteiger partial charge in [-0.25, -0.2) is 4.39 Å². The molecule has 0 aromatic heterocycles. The third-order valence-electron chi connectivity index (χ3n) is 3.04. The monoisotopic (exact) mass is 262 g/mol. The smallest absolute Gasteiger partial charge is 0.246 e. The first-order valence-electron chi connectivity index (χ1n) is 6.11. The van der Waals surface area contributed by atoms with Crippen molar-refractivity contribution in [3.05, 3.63) is 41.7 Å². The molecule has 0 radical (unpaired) electrons. The summed E-state index contributed by atoms with van der Waals surface area (Å²) >= 11 is 0. The molecule has 1 aliphatic rings. The summed E-state index contributed by atoms with van der Waals surface area (Å²) in [4.78, 5) is 25.8. The first kappa shape index (κ1) is 13.3. The van der Waals surface area contributed by atoms with Crippen LogP contribution in [0.3, 0.4) is 0 Å². The minimum atomic E-state index is -0.325. The summed E-state index contributed by atoms with van der Waals surface area (Å²) < 4.78 is 13.0. The topological polar surface area (TPSA) is 40.6 Å². The molecule has 2 amide bonds. The van der Waals surface area contributed by atoms with Crippen molar-refractivity contribution in [1.82, 2.24) is 9.80 Å². The number of benzene rings is 1. The van der Waals surface area contributed by atoms with Gasteiger partial charge in [0.25, 0.3) is 0 Å². The van der Waals surface area contributed by atoms with E-state index < -0.39 is 0 Å². The summed E-state index contributed by atoms with van der Waals surface area (Å²) in [5, 5.41) is 0. The number of carbonyl (C=O) groups excluding carboxylic acids is 2. The van der Waals surface area contributed by atoms with Crippen molar-refractivity contribution in [3.63, 3.8) is 0 Å². The third-order valence-corrected chi connectivity index (χ3v) is 3.04. The van der Waals surface area contributed by atoms with Crippen molar-refractivity contribution in [1.29, 1.82) is 0 Å². The van der Waals surface area contributed by atoms with Crippen LogP contribution in [0.15, 0.2) is 30.3 Å². The van der Waals surface area contributed by atoms with Gasteiger partial charge in [-0.1, -0.05) is 12.1 Å². The first-order chi connectivity index (χ1) is 9.19. The second kappa shape index (κ2) is 6.13. The van der Waals surface area contributed by atoms with Crippen LogP contribution in [0, 0.1) is 5.82 Å². The number of nitrogens with zero attached hydrogens (tertiary/aromatic N) is 2. The molecule has 1 heterocycles. The summed E-state index contributed by atoms with van der Waals surface area (Å²) in [6.45, 7) is 2.18. The van der Waals surface area contributed by atoms with E-state index in [1.807, 2.05) is 0 Å². The summed E-state index contributed by atoms with van der Waals surface area (Å²) in [6, 6.07) is 6.06. The Morgan fingerprint density at radius 1 is 1.21 bits per heavy atom. The lowest BCUT2D eigenvalue weighted by molar-refractivity contribution is -0.130. The van der Waals surface area contributed by atoms with Crippen LogP contribution in [0.25, 0.3) is 6.08 Å². The second-order valence-electron chi connectivity index (χ2n) is 4.36. The van der Waals surface area contributed by atoms with Gasteiger partial charge in [0.05, 0.1) is 0 Å². The van der Waals surface area contributed by atoms with Gasteiger partial charge in [0, 0.05) is 32.3 Å². The highest BCUT2D eigenvalue weighted by Crippen LogP contribution is 2.07. The molecule has 1 aliphatic heterocycles. The van der Waals surface area contributed by atoms with Gasteiger partial charge in [0.1, 0.15) is 5.82 Å². The Morgan fingerprint density at radius 2 is 1.95 bits per heavy atom. The van der Waals surface area contributed by atoms with Gasteiger partial charge in [0.15, 0.2) is 0 Å². The molecular weight excluding hydrogens is 247 g/mol. The quantitative estimate of drug-likeness (QED) is 0.605. The molecule has 0 aliphatic carbocycles. The summed E-state index contributed by atoms with van der Waals surface area (Å²) in [5.74, 6) is -0.441. The Morgan fingerprint density at radius 3 is 2.58 bits per heavy atom. The van der Waals surface area contributed by atoms with Crippen molar-refractivity contribution in [3.8, 4) is 0 Å². The van der Waals surface area contributed by atoms with Gasteiger partial charge >= 0.3 is 0 Å². The molecule has 1 aromatic rings. The average molecular weight is 262 g/mol. The van der Waals surface area contributed by atoms with Crippen LogP contribution in [0.5, 0.6) is 0 Å². The Labute approximate surface area is 111 Å². The van der Waals surface area contributed by atoms with Gasteiger partial charge in [-0.15, -0.1) is 0 Å². The minimum absolute atomic E-state index is 0.116. The van der Waals surface area contributed by atoms with Crippen molar-refractivity contribution >= 4 is 18.4 Å².